The van der Waals surface area contributed by atoms with Gasteiger partial charge in [-0.2, -0.15) is 0 Å². The third-order valence-corrected chi connectivity index (χ3v) is 9.40. The van der Waals surface area contributed by atoms with Gasteiger partial charge < -0.3 is 0 Å². The molecule has 0 heterocycles. The topological polar surface area (TPSA) is 0 Å². The van der Waals surface area contributed by atoms with Gasteiger partial charge in [0.15, 0.2) is 0 Å². The summed E-state index contributed by atoms with van der Waals surface area (Å²) in [7, 11) is 0. The van der Waals surface area contributed by atoms with Gasteiger partial charge in [0.05, 0.1) is 0 Å². The number of hydrogen-bond donors (Lipinski definition) is 0. The van der Waals surface area contributed by atoms with E-state index in [4.69, 9.17) is 0 Å². The quantitative estimate of drug-likeness (QED) is 0.181. The van der Waals surface area contributed by atoms with Crippen LogP contribution in [-0.2, 0) is 0 Å². The van der Waals surface area contributed by atoms with Crippen molar-refractivity contribution in [3.05, 3.63) is 182 Å². The molecule has 0 aromatic heterocycles. The maximum atomic E-state index is 2.37. The molecule has 0 spiro atoms. The second kappa shape index (κ2) is 10.9. The first-order chi connectivity index (χ1) is 22.8. The largest absolute Gasteiger partial charge is 0.0622 e. The van der Waals surface area contributed by atoms with Crippen LogP contribution in [0, 0.1) is 0 Å². The fraction of sp³-hybridized carbons (Fsp3) is 0. The molecule has 0 N–H and O–H groups in total. The summed E-state index contributed by atoms with van der Waals surface area (Å²) in [5.41, 5.74) is 9.84. The third-order valence-electron chi connectivity index (χ3n) is 9.40. The molecule has 0 saturated carbocycles. The SMILES string of the molecule is c1ccc(-c2cc(-c3ccc4c(ccc5ccccc54)c3)cc3ccc(-c4cccc(-c5ccc6ccccc6c5)c4)cc23)cc1. The van der Waals surface area contributed by atoms with E-state index in [1.807, 2.05) is 0 Å². The lowest BCUT2D eigenvalue weighted by molar-refractivity contribution is 1.60. The Morgan fingerprint density at radius 3 is 1.54 bits per heavy atom. The minimum absolute atomic E-state index is 1.22. The van der Waals surface area contributed by atoms with Crippen LogP contribution in [0.25, 0.3) is 87.6 Å². The monoisotopic (exact) mass is 582 g/mol. The van der Waals surface area contributed by atoms with Crippen molar-refractivity contribution in [2.45, 2.75) is 0 Å². The maximum absolute atomic E-state index is 2.37. The van der Waals surface area contributed by atoms with Crippen LogP contribution in [-0.4, -0.2) is 0 Å². The van der Waals surface area contributed by atoms with Gasteiger partial charge in [-0.3, -0.25) is 0 Å². The van der Waals surface area contributed by atoms with E-state index in [9.17, 15) is 0 Å². The first-order valence-corrected chi connectivity index (χ1v) is 15.9. The summed E-state index contributed by atoms with van der Waals surface area (Å²) in [6.45, 7) is 0. The van der Waals surface area contributed by atoms with Gasteiger partial charge in [0.2, 0.25) is 0 Å². The van der Waals surface area contributed by atoms with Crippen molar-refractivity contribution < 1.29 is 0 Å². The molecule has 0 radical (unpaired) electrons. The Labute approximate surface area is 268 Å². The molecule has 0 saturated heterocycles. The van der Waals surface area contributed by atoms with Crippen LogP contribution < -0.4 is 0 Å². The minimum atomic E-state index is 1.22. The Balaban J connectivity index is 1.17. The van der Waals surface area contributed by atoms with Crippen molar-refractivity contribution in [1.29, 1.82) is 0 Å². The highest BCUT2D eigenvalue weighted by Crippen LogP contribution is 2.38. The summed E-state index contributed by atoms with van der Waals surface area (Å²) in [5.74, 6) is 0. The van der Waals surface area contributed by atoms with Crippen LogP contribution in [0.2, 0.25) is 0 Å². The molecule has 46 heavy (non-hydrogen) atoms. The molecule has 0 aliphatic carbocycles. The van der Waals surface area contributed by atoms with Gasteiger partial charge in [0.25, 0.3) is 0 Å². The zero-order chi connectivity index (χ0) is 30.5. The van der Waals surface area contributed by atoms with Crippen LogP contribution in [0.15, 0.2) is 182 Å². The molecule has 0 unspecified atom stereocenters. The number of fused-ring (bicyclic) bond motifs is 5. The Hall–Kier alpha value is -5.98. The van der Waals surface area contributed by atoms with Crippen molar-refractivity contribution in [3.63, 3.8) is 0 Å². The van der Waals surface area contributed by atoms with Gasteiger partial charge >= 0.3 is 0 Å². The fourth-order valence-electron chi connectivity index (χ4n) is 7.00. The number of benzene rings is 9. The van der Waals surface area contributed by atoms with Crippen molar-refractivity contribution >= 4 is 43.1 Å². The summed E-state index contributed by atoms with van der Waals surface area (Å²) >= 11 is 0. The second-order valence-corrected chi connectivity index (χ2v) is 12.2. The smallest absolute Gasteiger partial charge is 0.00988 e. The zero-order valence-corrected chi connectivity index (χ0v) is 25.3. The van der Waals surface area contributed by atoms with Gasteiger partial charge in [-0.1, -0.05) is 146 Å². The highest BCUT2D eigenvalue weighted by Gasteiger charge is 2.12. The van der Waals surface area contributed by atoms with E-state index >= 15 is 0 Å². The molecule has 0 fully saturated rings. The normalized spacial score (nSPS) is 11.5. The lowest BCUT2D eigenvalue weighted by Crippen LogP contribution is -1.88. The Morgan fingerprint density at radius 2 is 0.696 bits per heavy atom. The van der Waals surface area contributed by atoms with Crippen molar-refractivity contribution in [1.82, 2.24) is 0 Å². The molecular formula is C46H30. The van der Waals surface area contributed by atoms with E-state index in [1.54, 1.807) is 0 Å². The molecule has 214 valence electrons. The van der Waals surface area contributed by atoms with Gasteiger partial charge in [-0.25, -0.2) is 0 Å². The molecule has 0 aliphatic rings. The Bertz CT molecular complexity index is 2570. The van der Waals surface area contributed by atoms with Gasteiger partial charge in [-0.05, 0) is 124 Å². The van der Waals surface area contributed by atoms with E-state index < -0.39 is 0 Å². The highest BCUT2D eigenvalue weighted by atomic mass is 14.2. The molecule has 9 rings (SSSR count). The van der Waals surface area contributed by atoms with Crippen molar-refractivity contribution in [2.24, 2.45) is 0 Å². The zero-order valence-electron chi connectivity index (χ0n) is 25.3. The van der Waals surface area contributed by atoms with Gasteiger partial charge in [-0.15, -0.1) is 0 Å². The molecule has 0 amide bonds. The number of rotatable bonds is 4. The molecule has 0 heteroatoms. The van der Waals surface area contributed by atoms with E-state index in [0.29, 0.717) is 0 Å². The van der Waals surface area contributed by atoms with Crippen LogP contribution in [0.3, 0.4) is 0 Å². The maximum Gasteiger partial charge on any atom is -0.00988 e. The van der Waals surface area contributed by atoms with Crippen LogP contribution in [0.4, 0.5) is 0 Å². The van der Waals surface area contributed by atoms with Gasteiger partial charge in [0.1, 0.15) is 0 Å². The standard InChI is InChI=1S/C46H30/c1-2-10-32(11-3-1)45-30-42(38-23-24-44-40(27-38)21-18-33-12-6-7-16-43(33)44)28-41-22-20-39(29-46(41)45)36-15-8-14-35(26-36)37-19-17-31-9-4-5-13-34(31)25-37/h1-30H. The predicted molar refractivity (Wildman–Crippen MR) is 198 cm³/mol. The second-order valence-electron chi connectivity index (χ2n) is 12.2. The Morgan fingerprint density at radius 1 is 0.196 bits per heavy atom. The predicted octanol–water partition coefficient (Wildman–Crippen LogP) is 13.0. The Kier molecular flexibility index (Phi) is 6.25. The summed E-state index contributed by atoms with van der Waals surface area (Å²) in [6.07, 6.45) is 0. The molecule has 0 aliphatic heterocycles. The van der Waals surface area contributed by atoms with Crippen LogP contribution >= 0.6 is 0 Å². The first kappa shape index (κ1) is 26.4. The fourth-order valence-corrected chi connectivity index (χ4v) is 7.00. The molecular weight excluding hydrogens is 553 g/mol. The van der Waals surface area contributed by atoms with Crippen molar-refractivity contribution in [3.8, 4) is 44.5 Å². The van der Waals surface area contributed by atoms with Crippen LogP contribution in [0.5, 0.6) is 0 Å². The highest BCUT2D eigenvalue weighted by molar-refractivity contribution is 6.09. The molecule has 9 aromatic rings. The summed E-state index contributed by atoms with van der Waals surface area (Å²) < 4.78 is 0. The molecule has 0 atom stereocenters. The molecule has 0 nitrogen and oxygen atoms in total. The third kappa shape index (κ3) is 4.64. The average molecular weight is 583 g/mol. The average Bonchev–Trinajstić information content (AvgIpc) is 3.14. The van der Waals surface area contributed by atoms with E-state index in [-0.39, 0.29) is 0 Å². The molecule has 0 bridgehead atoms. The van der Waals surface area contributed by atoms with E-state index in [0.717, 1.165) is 0 Å². The van der Waals surface area contributed by atoms with E-state index in [1.165, 1.54) is 87.6 Å². The van der Waals surface area contributed by atoms with Gasteiger partial charge in [0, 0.05) is 0 Å². The lowest BCUT2D eigenvalue weighted by Gasteiger charge is -2.14. The van der Waals surface area contributed by atoms with Crippen molar-refractivity contribution in [2.75, 3.05) is 0 Å². The molecule has 9 aromatic carbocycles. The number of hydrogen-bond acceptors (Lipinski definition) is 0. The minimum Gasteiger partial charge on any atom is -0.0622 e. The summed E-state index contributed by atoms with van der Waals surface area (Å²) in [6, 6.07) is 66.7. The van der Waals surface area contributed by atoms with Crippen LogP contribution in [0.1, 0.15) is 0 Å². The lowest BCUT2D eigenvalue weighted by atomic mass is 9.90. The van der Waals surface area contributed by atoms with E-state index in [2.05, 4.69) is 182 Å². The summed E-state index contributed by atoms with van der Waals surface area (Å²) in [4.78, 5) is 0. The first-order valence-electron chi connectivity index (χ1n) is 15.9. The summed E-state index contributed by atoms with van der Waals surface area (Å²) in [5, 5.41) is 10.2.